The summed E-state index contributed by atoms with van der Waals surface area (Å²) in [6.07, 6.45) is 0.920. The Morgan fingerprint density at radius 3 is 2.43 bits per heavy atom. The van der Waals surface area contributed by atoms with E-state index in [-0.39, 0.29) is 11.8 Å². The Kier molecular flexibility index (Phi) is 4.87. The molecule has 0 aliphatic rings. The van der Waals surface area contributed by atoms with Crippen molar-refractivity contribution in [1.29, 1.82) is 0 Å². The minimum atomic E-state index is 0.0906. The predicted molar refractivity (Wildman–Crippen MR) is 79.0 cm³/mol. The molecule has 0 unspecified atom stereocenters. The number of aryl methyl sites for hydroxylation is 1. The molecule has 0 saturated carbocycles. The lowest BCUT2D eigenvalue weighted by Crippen LogP contribution is -2.07. The molecular weight excluding hydrogens is 268 g/mol. The molecule has 2 aromatic rings. The summed E-state index contributed by atoms with van der Waals surface area (Å²) in [6, 6.07) is 9.50. The molecule has 0 atom stereocenters. The summed E-state index contributed by atoms with van der Waals surface area (Å²) in [5.74, 6) is 0.549. The summed E-state index contributed by atoms with van der Waals surface area (Å²) in [6.45, 7) is 1.86. The Labute approximate surface area is 124 Å². The average molecular weight is 286 g/mol. The van der Waals surface area contributed by atoms with Crippen molar-refractivity contribution in [3.63, 3.8) is 0 Å². The zero-order valence-electron chi connectivity index (χ0n) is 12.4. The zero-order chi connectivity index (χ0) is 15.2. The van der Waals surface area contributed by atoms with Crippen molar-refractivity contribution in [1.82, 2.24) is 9.97 Å². The first-order valence-electron chi connectivity index (χ1n) is 6.69. The van der Waals surface area contributed by atoms with Crippen molar-refractivity contribution >= 4 is 5.78 Å². The highest BCUT2D eigenvalue weighted by Gasteiger charge is 2.15. The normalized spacial score (nSPS) is 10.2. The molecule has 1 aromatic carbocycles. The molecule has 5 nitrogen and oxygen atoms in total. The van der Waals surface area contributed by atoms with Crippen LogP contribution in [0.25, 0.3) is 0 Å². The van der Waals surface area contributed by atoms with E-state index in [2.05, 4.69) is 9.97 Å². The standard InChI is InChI=1S/C16H18N2O3/c1-11-13(15(20-2)18-16(17-11)21-3)9-10-14(19)12-7-5-4-6-8-12/h4-8H,9-10H2,1-3H3. The first-order chi connectivity index (χ1) is 10.2. The van der Waals surface area contributed by atoms with Crippen LogP contribution in [-0.4, -0.2) is 30.0 Å². The van der Waals surface area contributed by atoms with Gasteiger partial charge in [-0.2, -0.15) is 4.98 Å². The lowest BCUT2D eigenvalue weighted by Gasteiger charge is -2.11. The predicted octanol–water partition coefficient (Wildman–Crippen LogP) is 2.62. The summed E-state index contributed by atoms with van der Waals surface area (Å²) in [7, 11) is 3.05. The quantitative estimate of drug-likeness (QED) is 0.764. The summed E-state index contributed by atoms with van der Waals surface area (Å²) in [5, 5.41) is 0. The van der Waals surface area contributed by atoms with Gasteiger partial charge in [0, 0.05) is 17.5 Å². The SMILES string of the molecule is COc1nc(C)c(CCC(=O)c2ccccc2)c(OC)n1. The fourth-order valence-corrected chi connectivity index (χ4v) is 2.10. The number of ether oxygens (including phenoxy) is 2. The van der Waals surface area contributed by atoms with Crippen molar-refractivity contribution < 1.29 is 14.3 Å². The van der Waals surface area contributed by atoms with Gasteiger partial charge in [-0.05, 0) is 13.3 Å². The van der Waals surface area contributed by atoms with Crippen LogP contribution in [0.4, 0.5) is 0 Å². The van der Waals surface area contributed by atoms with Crippen LogP contribution in [0.3, 0.4) is 0 Å². The number of ketones is 1. The zero-order valence-corrected chi connectivity index (χ0v) is 12.4. The molecule has 1 aromatic heterocycles. The third-order valence-electron chi connectivity index (χ3n) is 3.23. The third kappa shape index (κ3) is 3.56. The molecule has 0 spiro atoms. The first-order valence-corrected chi connectivity index (χ1v) is 6.69. The molecule has 0 amide bonds. The third-order valence-corrected chi connectivity index (χ3v) is 3.23. The van der Waals surface area contributed by atoms with Gasteiger partial charge in [-0.1, -0.05) is 30.3 Å². The molecule has 21 heavy (non-hydrogen) atoms. The Morgan fingerprint density at radius 2 is 1.81 bits per heavy atom. The van der Waals surface area contributed by atoms with Gasteiger partial charge in [-0.3, -0.25) is 4.79 Å². The van der Waals surface area contributed by atoms with Gasteiger partial charge in [0.05, 0.1) is 19.9 Å². The highest BCUT2D eigenvalue weighted by Crippen LogP contribution is 2.23. The Morgan fingerprint density at radius 1 is 1.10 bits per heavy atom. The molecular formula is C16H18N2O3. The Bertz CT molecular complexity index is 627. The summed E-state index contributed by atoms with van der Waals surface area (Å²) >= 11 is 0. The fourth-order valence-electron chi connectivity index (χ4n) is 2.10. The van der Waals surface area contributed by atoms with E-state index in [1.54, 1.807) is 7.11 Å². The van der Waals surface area contributed by atoms with Gasteiger partial charge < -0.3 is 9.47 Å². The molecule has 0 bridgehead atoms. The minimum Gasteiger partial charge on any atom is -0.481 e. The largest absolute Gasteiger partial charge is 0.481 e. The van der Waals surface area contributed by atoms with Crippen LogP contribution in [0.1, 0.15) is 28.0 Å². The molecule has 0 aliphatic carbocycles. The number of aromatic nitrogens is 2. The second-order valence-corrected chi connectivity index (χ2v) is 4.57. The number of hydrogen-bond acceptors (Lipinski definition) is 5. The molecule has 110 valence electrons. The first kappa shape index (κ1) is 15.0. The van der Waals surface area contributed by atoms with E-state index >= 15 is 0 Å². The van der Waals surface area contributed by atoms with Crippen LogP contribution < -0.4 is 9.47 Å². The molecule has 5 heteroatoms. The lowest BCUT2D eigenvalue weighted by molar-refractivity contribution is 0.0982. The number of Topliss-reactive ketones (excluding diaryl/α,β-unsaturated/α-hetero) is 1. The van der Waals surface area contributed by atoms with E-state index < -0.39 is 0 Å². The number of nitrogens with zero attached hydrogens (tertiary/aromatic N) is 2. The van der Waals surface area contributed by atoms with Gasteiger partial charge in [-0.15, -0.1) is 0 Å². The minimum absolute atomic E-state index is 0.0906. The van der Waals surface area contributed by atoms with Crippen molar-refractivity contribution in [2.45, 2.75) is 19.8 Å². The molecule has 0 aliphatic heterocycles. The summed E-state index contributed by atoms with van der Waals surface area (Å²) < 4.78 is 10.3. The number of rotatable bonds is 6. The number of carbonyl (C=O) groups is 1. The smallest absolute Gasteiger partial charge is 0.319 e. The molecule has 0 radical (unpaired) electrons. The maximum atomic E-state index is 12.1. The number of carbonyl (C=O) groups excluding carboxylic acids is 1. The van der Waals surface area contributed by atoms with E-state index in [0.29, 0.717) is 24.3 Å². The lowest BCUT2D eigenvalue weighted by atomic mass is 10.0. The van der Waals surface area contributed by atoms with Crippen LogP contribution in [0.5, 0.6) is 11.9 Å². The number of methoxy groups -OCH3 is 2. The molecule has 0 fully saturated rings. The van der Waals surface area contributed by atoms with Gasteiger partial charge in [0.25, 0.3) is 0 Å². The maximum absolute atomic E-state index is 12.1. The highest BCUT2D eigenvalue weighted by molar-refractivity contribution is 5.96. The van der Waals surface area contributed by atoms with Gasteiger partial charge in [0.1, 0.15) is 0 Å². The summed E-state index contributed by atoms with van der Waals surface area (Å²) in [5.41, 5.74) is 2.31. The van der Waals surface area contributed by atoms with E-state index in [4.69, 9.17) is 9.47 Å². The number of hydrogen-bond donors (Lipinski definition) is 0. The van der Waals surface area contributed by atoms with Crippen LogP contribution in [-0.2, 0) is 6.42 Å². The van der Waals surface area contributed by atoms with Gasteiger partial charge in [0.15, 0.2) is 5.78 Å². The van der Waals surface area contributed by atoms with Gasteiger partial charge >= 0.3 is 6.01 Å². The van der Waals surface area contributed by atoms with Crippen LogP contribution >= 0.6 is 0 Å². The monoisotopic (exact) mass is 286 g/mol. The molecule has 1 heterocycles. The Balaban J connectivity index is 2.15. The molecule has 0 saturated heterocycles. The van der Waals surface area contributed by atoms with Crippen molar-refractivity contribution in [3.8, 4) is 11.9 Å². The highest BCUT2D eigenvalue weighted by atomic mass is 16.5. The summed E-state index contributed by atoms with van der Waals surface area (Å²) in [4.78, 5) is 20.5. The van der Waals surface area contributed by atoms with Crippen molar-refractivity contribution in [2.24, 2.45) is 0 Å². The number of benzene rings is 1. The van der Waals surface area contributed by atoms with Crippen molar-refractivity contribution in [2.75, 3.05) is 14.2 Å². The van der Waals surface area contributed by atoms with Crippen LogP contribution in [0.2, 0.25) is 0 Å². The fraction of sp³-hybridized carbons (Fsp3) is 0.312. The van der Waals surface area contributed by atoms with E-state index in [0.717, 1.165) is 11.3 Å². The van der Waals surface area contributed by atoms with Crippen molar-refractivity contribution in [3.05, 3.63) is 47.2 Å². The molecule has 0 N–H and O–H groups in total. The van der Waals surface area contributed by atoms with E-state index in [1.165, 1.54) is 7.11 Å². The maximum Gasteiger partial charge on any atom is 0.319 e. The van der Waals surface area contributed by atoms with Gasteiger partial charge in [0.2, 0.25) is 5.88 Å². The average Bonchev–Trinajstić information content (AvgIpc) is 2.53. The second-order valence-electron chi connectivity index (χ2n) is 4.57. The van der Waals surface area contributed by atoms with E-state index in [9.17, 15) is 4.79 Å². The Hall–Kier alpha value is -2.43. The molecule has 2 rings (SSSR count). The second kappa shape index (κ2) is 6.83. The van der Waals surface area contributed by atoms with Crippen LogP contribution in [0.15, 0.2) is 30.3 Å². The van der Waals surface area contributed by atoms with E-state index in [1.807, 2.05) is 37.3 Å². The van der Waals surface area contributed by atoms with Crippen LogP contribution in [0, 0.1) is 6.92 Å². The van der Waals surface area contributed by atoms with Gasteiger partial charge in [-0.25, -0.2) is 4.98 Å². The topological polar surface area (TPSA) is 61.3 Å².